The number of carbonyl (C=O) groups excluding carboxylic acids is 1. The second-order valence-corrected chi connectivity index (χ2v) is 7.03. The van der Waals surface area contributed by atoms with Gasteiger partial charge in [0.05, 0.1) is 12.1 Å². The minimum Gasteiger partial charge on any atom is -0.497 e. The van der Waals surface area contributed by atoms with Crippen molar-refractivity contribution >= 4 is 38.9 Å². The third-order valence-corrected chi connectivity index (χ3v) is 5.80. The number of rotatable bonds is 9. The molecule has 6 heteroatoms. The highest BCUT2D eigenvalue weighted by molar-refractivity contribution is 7.21. The van der Waals surface area contributed by atoms with Gasteiger partial charge in [-0.25, -0.2) is 0 Å². The second kappa shape index (κ2) is 9.25. The summed E-state index contributed by atoms with van der Waals surface area (Å²) in [6, 6.07) is 5.69. The van der Waals surface area contributed by atoms with E-state index in [2.05, 4.69) is 24.1 Å². The number of halogens is 1. The van der Waals surface area contributed by atoms with Crippen LogP contribution in [0.1, 0.15) is 36.4 Å². The Morgan fingerprint density at radius 1 is 1.29 bits per heavy atom. The fourth-order valence-electron chi connectivity index (χ4n) is 2.60. The molecule has 0 unspecified atom stereocenters. The van der Waals surface area contributed by atoms with Gasteiger partial charge >= 0.3 is 0 Å². The highest BCUT2D eigenvalue weighted by Gasteiger charge is 2.17. The molecule has 0 saturated heterocycles. The van der Waals surface area contributed by atoms with Crippen LogP contribution in [0.3, 0.4) is 0 Å². The highest BCUT2D eigenvalue weighted by Crippen LogP contribution is 2.37. The Morgan fingerprint density at radius 2 is 2.04 bits per heavy atom. The number of carbonyl (C=O) groups is 1. The van der Waals surface area contributed by atoms with Gasteiger partial charge in [-0.3, -0.25) is 4.79 Å². The second-order valence-electron chi connectivity index (χ2n) is 5.60. The van der Waals surface area contributed by atoms with Gasteiger partial charge < -0.3 is 15.0 Å². The third-order valence-electron chi connectivity index (χ3n) is 4.12. The monoisotopic (exact) mass is 368 g/mol. The van der Waals surface area contributed by atoms with E-state index in [-0.39, 0.29) is 5.91 Å². The first kappa shape index (κ1) is 19.0. The van der Waals surface area contributed by atoms with Crippen molar-refractivity contribution in [3.05, 3.63) is 28.1 Å². The van der Waals surface area contributed by atoms with Gasteiger partial charge in [0.2, 0.25) is 0 Å². The molecule has 0 saturated carbocycles. The summed E-state index contributed by atoms with van der Waals surface area (Å²) >= 11 is 7.81. The fraction of sp³-hybridized carbons (Fsp3) is 0.500. The van der Waals surface area contributed by atoms with Crippen LogP contribution in [0.5, 0.6) is 5.75 Å². The standard InChI is InChI=1S/C18H25ClN2O2S/c1-4-21(5-2)11-7-6-10-20-18(22)17-16(19)14-12-13(23-3)8-9-15(14)24-17/h8-9,12H,4-7,10-11H2,1-3H3,(H,20,22). The molecule has 0 atom stereocenters. The summed E-state index contributed by atoms with van der Waals surface area (Å²) in [4.78, 5) is 15.3. The largest absolute Gasteiger partial charge is 0.497 e. The van der Waals surface area contributed by atoms with Crippen LogP contribution in [0.15, 0.2) is 18.2 Å². The molecule has 2 aromatic rings. The molecule has 2 rings (SSSR count). The molecule has 0 bridgehead atoms. The molecule has 1 heterocycles. The number of hydrogen-bond acceptors (Lipinski definition) is 4. The molecule has 4 nitrogen and oxygen atoms in total. The quantitative estimate of drug-likeness (QED) is 0.666. The minimum absolute atomic E-state index is 0.0944. The van der Waals surface area contributed by atoms with Gasteiger partial charge in [0.25, 0.3) is 5.91 Å². The Bertz CT molecular complexity index is 683. The lowest BCUT2D eigenvalue weighted by Crippen LogP contribution is -2.27. The first-order valence-corrected chi connectivity index (χ1v) is 9.56. The average molecular weight is 369 g/mol. The molecule has 132 valence electrons. The van der Waals surface area contributed by atoms with Crippen LogP contribution in [-0.2, 0) is 0 Å². The van der Waals surface area contributed by atoms with Crippen molar-refractivity contribution < 1.29 is 9.53 Å². The lowest BCUT2D eigenvalue weighted by atomic mass is 10.2. The molecule has 1 aromatic carbocycles. The predicted molar refractivity (Wildman–Crippen MR) is 103 cm³/mol. The summed E-state index contributed by atoms with van der Waals surface area (Å²) in [5, 5.41) is 4.35. The maximum atomic E-state index is 12.4. The first-order valence-electron chi connectivity index (χ1n) is 8.37. The van der Waals surface area contributed by atoms with E-state index in [1.54, 1.807) is 7.11 Å². The fourth-order valence-corrected chi connectivity index (χ4v) is 4.01. The number of hydrogen-bond donors (Lipinski definition) is 1. The summed E-state index contributed by atoms with van der Waals surface area (Å²) < 4.78 is 6.21. The average Bonchev–Trinajstić information content (AvgIpc) is 2.94. The summed E-state index contributed by atoms with van der Waals surface area (Å²) in [5.41, 5.74) is 0. The maximum Gasteiger partial charge on any atom is 0.262 e. The van der Waals surface area contributed by atoms with Crippen molar-refractivity contribution in [1.29, 1.82) is 0 Å². The van der Waals surface area contributed by atoms with E-state index in [9.17, 15) is 4.79 Å². The SMILES string of the molecule is CCN(CC)CCCCNC(=O)c1sc2ccc(OC)cc2c1Cl. The molecular weight excluding hydrogens is 344 g/mol. The Labute approximate surface area is 152 Å². The molecular formula is C18H25ClN2O2S. The van der Waals surface area contributed by atoms with Gasteiger partial charge in [0.15, 0.2) is 0 Å². The summed E-state index contributed by atoms with van der Waals surface area (Å²) in [6.45, 7) is 8.24. The Balaban J connectivity index is 1.91. The van der Waals surface area contributed by atoms with E-state index in [1.165, 1.54) is 11.3 Å². The summed E-state index contributed by atoms with van der Waals surface area (Å²) in [7, 11) is 1.62. The predicted octanol–water partition coefficient (Wildman–Crippen LogP) is 4.42. The van der Waals surface area contributed by atoms with Crippen molar-refractivity contribution in [3.63, 3.8) is 0 Å². The third kappa shape index (κ3) is 4.62. The van der Waals surface area contributed by atoms with Crippen LogP contribution < -0.4 is 10.1 Å². The van der Waals surface area contributed by atoms with Gasteiger partial charge in [0.1, 0.15) is 10.6 Å². The lowest BCUT2D eigenvalue weighted by molar-refractivity contribution is 0.0957. The van der Waals surface area contributed by atoms with Crippen LogP contribution in [0.2, 0.25) is 5.02 Å². The smallest absolute Gasteiger partial charge is 0.262 e. The first-order chi connectivity index (χ1) is 11.6. The lowest BCUT2D eigenvalue weighted by Gasteiger charge is -2.17. The van der Waals surface area contributed by atoms with E-state index >= 15 is 0 Å². The zero-order valence-electron chi connectivity index (χ0n) is 14.5. The normalized spacial score (nSPS) is 11.2. The van der Waals surface area contributed by atoms with Crippen LogP contribution in [-0.4, -0.2) is 44.1 Å². The number of fused-ring (bicyclic) bond motifs is 1. The van der Waals surface area contributed by atoms with Gasteiger partial charge in [-0.05, 0) is 50.7 Å². The topological polar surface area (TPSA) is 41.6 Å². The summed E-state index contributed by atoms with van der Waals surface area (Å²) in [5.74, 6) is 0.647. The highest BCUT2D eigenvalue weighted by atomic mass is 35.5. The molecule has 0 aliphatic rings. The van der Waals surface area contributed by atoms with Crippen LogP contribution in [0, 0.1) is 0 Å². The molecule has 1 N–H and O–H groups in total. The van der Waals surface area contributed by atoms with Crippen molar-refractivity contribution in [3.8, 4) is 5.75 Å². The van der Waals surface area contributed by atoms with Gasteiger partial charge in [-0.2, -0.15) is 0 Å². The summed E-state index contributed by atoms with van der Waals surface area (Å²) in [6.07, 6.45) is 2.05. The number of nitrogens with zero attached hydrogens (tertiary/aromatic N) is 1. The molecule has 0 aliphatic carbocycles. The molecule has 0 aliphatic heterocycles. The number of unbranched alkanes of at least 4 members (excludes halogenated alkanes) is 1. The van der Waals surface area contributed by atoms with Crippen molar-refractivity contribution in [2.75, 3.05) is 33.3 Å². The Hall–Kier alpha value is -1.30. The van der Waals surface area contributed by atoms with Crippen LogP contribution >= 0.6 is 22.9 Å². The number of thiophene rings is 1. The number of amides is 1. The molecule has 24 heavy (non-hydrogen) atoms. The van der Waals surface area contributed by atoms with E-state index in [0.29, 0.717) is 16.4 Å². The van der Waals surface area contributed by atoms with E-state index in [0.717, 1.165) is 48.3 Å². The van der Waals surface area contributed by atoms with E-state index in [1.807, 2.05) is 18.2 Å². The molecule has 0 spiro atoms. The number of benzene rings is 1. The molecule has 0 fully saturated rings. The Morgan fingerprint density at radius 3 is 2.71 bits per heavy atom. The van der Waals surface area contributed by atoms with E-state index < -0.39 is 0 Å². The number of ether oxygens (including phenoxy) is 1. The number of nitrogens with one attached hydrogen (secondary N) is 1. The zero-order valence-corrected chi connectivity index (χ0v) is 16.1. The van der Waals surface area contributed by atoms with Gasteiger partial charge in [-0.15, -0.1) is 11.3 Å². The van der Waals surface area contributed by atoms with Gasteiger partial charge in [-0.1, -0.05) is 25.4 Å². The van der Waals surface area contributed by atoms with Crippen molar-refractivity contribution in [1.82, 2.24) is 10.2 Å². The number of methoxy groups -OCH3 is 1. The van der Waals surface area contributed by atoms with Crippen molar-refractivity contribution in [2.45, 2.75) is 26.7 Å². The minimum atomic E-state index is -0.0944. The van der Waals surface area contributed by atoms with Crippen LogP contribution in [0.4, 0.5) is 0 Å². The van der Waals surface area contributed by atoms with Crippen molar-refractivity contribution in [2.24, 2.45) is 0 Å². The van der Waals surface area contributed by atoms with Gasteiger partial charge in [0, 0.05) is 16.6 Å². The zero-order chi connectivity index (χ0) is 17.5. The Kier molecular flexibility index (Phi) is 7.34. The molecule has 0 radical (unpaired) electrons. The van der Waals surface area contributed by atoms with E-state index in [4.69, 9.17) is 16.3 Å². The maximum absolute atomic E-state index is 12.4. The van der Waals surface area contributed by atoms with Crippen LogP contribution in [0.25, 0.3) is 10.1 Å². The molecule has 1 amide bonds. The molecule has 1 aromatic heterocycles.